The molecule has 1 N–H and O–H groups in total. The summed E-state index contributed by atoms with van der Waals surface area (Å²) in [6.07, 6.45) is -0.310. The van der Waals surface area contributed by atoms with Crippen LogP contribution in [0.15, 0.2) is 12.7 Å². The Balaban J connectivity index is 1.99. The van der Waals surface area contributed by atoms with Crippen molar-refractivity contribution in [3.8, 4) is 0 Å². The van der Waals surface area contributed by atoms with Gasteiger partial charge in [0.05, 0.1) is 6.33 Å². The van der Waals surface area contributed by atoms with Crippen molar-refractivity contribution >= 4 is 34.7 Å². The zero-order chi connectivity index (χ0) is 19.1. The second-order valence-electron chi connectivity index (χ2n) is 6.07. The lowest BCUT2D eigenvalue weighted by molar-refractivity contribution is -0.162. The molecule has 1 saturated heterocycles. The van der Waals surface area contributed by atoms with Gasteiger partial charge >= 0.3 is 11.9 Å². The van der Waals surface area contributed by atoms with Crippen LogP contribution in [0.1, 0.15) is 27.0 Å². The summed E-state index contributed by atoms with van der Waals surface area (Å²) < 4.78 is 17.5. The standard InChI is InChI=1S/C15H17ClN4O6/c1-7(21)24-4-9-11(25-8(2)22)15(3,23)14(26-9)20-6-19-10-12(16)17-5-18-13(10)20/h5-6,9,11,14,23H,4H2,1-3H3/t9-,11?,14-,15+/m1/s1. The molecule has 140 valence electrons. The largest absolute Gasteiger partial charge is 0.463 e. The first-order chi connectivity index (χ1) is 12.2. The maximum atomic E-state index is 11.5. The first-order valence-corrected chi connectivity index (χ1v) is 8.11. The van der Waals surface area contributed by atoms with Gasteiger partial charge in [0.25, 0.3) is 0 Å². The van der Waals surface area contributed by atoms with Crippen LogP contribution in [-0.4, -0.2) is 61.0 Å². The number of fused-ring (bicyclic) bond motifs is 1. The predicted molar refractivity (Wildman–Crippen MR) is 87.1 cm³/mol. The van der Waals surface area contributed by atoms with Crippen molar-refractivity contribution in [2.45, 2.75) is 44.8 Å². The molecule has 0 saturated carbocycles. The lowest BCUT2D eigenvalue weighted by Gasteiger charge is -2.29. The van der Waals surface area contributed by atoms with Crippen LogP contribution >= 0.6 is 11.6 Å². The molecular formula is C15H17ClN4O6. The highest BCUT2D eigenvalue weighted by atomic mass is 35.5. The van der Waals surface area contributed by atoms with Crippen LogP contribution in [0.3, 0.4) is 0 Å². The third-order valence-electron chi connectivity index (χ3n) is 4.03. The minimum atomic E-state index is -1.65. The maximum Gasteiger partial charge on any atom is 0.303 e. The number of aliphatic hydroxyl groups is 1. The van der Waals surface area contributed by atoms with Crippen LogP contribution in [0, 0.1) is 0 Å². The van der Waals surface area contributed by atoms with Crippen molar-refractivity contribution in [1.29, 1.82) is 0 Å². The smallest absolute Gasteiger partial charge is 0.303 e. The van der Waals surface area contributed by atoms with Crippen LogP contribution in [-0.2, 0) is 23.8 Å². The van der Waals surface area contributed by atoms with Gasteiger partial charge in [0.2, 0.25) is 0 Å². The Morgan fingerprint density at radius 1 is 1.35 bits per heavy atom. The SMILES string of the molecule is CC(=O)OC[C@H]1O[C@@H](n2cnc3c(Cl)ncnc32)[C@@](C)(O)C1OC(C)=O. The van der Waals surface area contributed by atoms with Gasteiger partial charge in [0.1, 0.15) is 30.2 Å². The Kier molecular flexibility index (Phi) is 4.82. The highest BCUT2D eigenvalue weighted by Gasteiger charge is 2.56. The number of esters is 2. The molecule has 0 amide bonds. The van der Waals surface area contributed by atoms with Crippen molar-refractivity contribution in [2.75, 3.05) is 6.61 Å². The van der Waals surface area contributed by atoms with E-state index in [0.717, 1.165) is 0 Å². The molecule has 2 aromatic rings. The third kappa shape index (κ3) is 3.22. The number of imidazole rings is 1. The molecule has 0 radical (unpaired) electrons. The van der Waals surface area contributed by atoms with Gasteiger partial charge in [-0.25, -0.2) is 15.0 Å². The summed E-state index contributed by atoms with van der Waals surface area (Å²) in [5.74, 6) is -1.13. The number of nitrogens with zero attached hydrogens (tertiary/aromatic N) is 4. The molecule has 11 heteroatoms. The molecule has 0 bridgehead atoms. The van der Waals surface area contributed by atoms with Gasteiger partial charge in [0, 0.05) is 13.8 Å². The highest BCUT2D eigenvalue weighted by molar-refractivity contribution is 6.33. The first kappa shape index (κ1) is 18.5. The lowest BCUT2D eigenvalue weighted by atomic mass is 9.96. The minimum absolute atomic E-state index is 0.152. The van der Waals surface area contributed by atoms with E-state index in [2.05, 4.69) is 15.0 Å². The van der Waals surface area contributed by atoms with Crippen LogP contribution in [0.5, 0.6) is 0 Å². The summed E-state index contributed by atoms with van der Waals surface area (Å²) in [5.41, 5.74) is -0.979. The van der Waals surface area contributed by atoms with Gasteiger partial charge in [-0.3, -0.25) is 14.2 Å². The second-order valence-corrected chi connectivity index (χ2v) is 6.43. The average Bonchev–Trinajstić information content (AvgIpc) is 3.06. The van der Waals surface area contributed by atoms with E-state index in [0.29, 0.717) is 11.2 Å². The van der Waals surface area contributed by atoms with Crippen LogP contribution in [0.4, 0.5) is 0 Å². The van der Waals surface area contributed by atoms with E-state index < -0.39 is 36.0 Å². The Morgan fingerprint density at radius 3 is 2.73 bits per heavy atom. The van der Waals surface area contributed by atoms with E-state index in [9.17, 15) is 14.7 Å². The number of rotatable bonds is 4. The molecule has 4 atom stereocenters. The number of aromatic nitrogens is 4. The Bertz CT molecular complexity index is 854. The van der Waals surface area contributed by atoms with Crippen LogP contribution in [0.25, 0.3) is 11.2 Å². The molecule has 1 fully saturated rings. The fourth-order valence-corrected chi connectivity index (χ4v) is 3.11. The molecule has 0 aromatic carbocycles. The lowest BCUT2D eigenvalue weighted by Crippen LogP contribution is -2.47. The highest BCUT2D eigenvalue weighted by Crippen LogP contribution is 2.41. The van der Waals surface area contributed by atoms with Crippen LogP contribution in [0.2, 0.25) is 5.15 Å². The number of carbonyl (C=O) groups is 2. The van der Waals surface area contributed by atoms with Gasteiger partial charge < -0.3 is 19.3 Å². The molecule has 2 aromatic heterocycles. The molecule has 3 rings (SSSR count). The van der Waals surface area contributed by atoms with E-state index in [4.69, 9.17) is 25.8 Å². The number of hydrogen-bond acceptors (Lipinski definition) is 9. The molecule has 1 aliphatic heterocycles. The van der Waals surface area contributed by atoms with Gasteiger partial charge in [-0.2, -0.15) is 0 Å². The summed E-state index contributed by atoms with van der Waals surface area (Å²) in [6.45, 7) is 3.72. The first-order valence-electron chi connectivity index (χ1n) is 7.73. The molecule has 0 spiro atoms. The van der Waals surface area contributed by atoms with Crippen LogP contribution < -0.4 is 0 Å². The molecular weight excluding hydrogens is 368 g/mol. The minimum Gasteiger partial charge on any atom is -0.463 e. The molecule has 0 aliphatic carbocycles. The molecule has 1 aliphatic rings. The molecule has 3 heterocycles. The summed E-state index contributed by atoms with van der Waals surface area (Å²) in [7, 11) is 0. The van der Waals surface area contributed by atoms with E-state index in [1.165, 1.54) is 38.0 Å². The van der Waals surface area contributed by atoms with Crippen molar-refractivity contribution in [3.63, 3.8) is 0 Å². The van der Waals surface area contributed by atoms with Gasteiger partial charge in [0.15, 0.2) is 23.1 Å². The Hall–Kier alpha value is -2.30. The van der Waals surface area contributed by atoms with Gasteiger partial charge in [-0.05, 0) is 6.92 Å². The van der Waals surface area contributed by atoms with E-state index in [1.807, 2.05) is 0 Å². The normalized spacial score (nSPS) is 28.3. The van der Waals surface area contributed by atoms with E-state index >= 15 is 0 Å². The monoisotopic (exact) mass is 384 g/mol. The zero-order valence-corrected chi connectivity index (χ0v) is 15.0. The molecule has 26 heavy (non-hydrogen) atoms. The summed E-state index contributed by atoms with van der Waals surface area (Å²) in [4.78, 5) is 34.7. The second kappa shape index (κ2) is 6.78. The quantitative estimate of drug-likeness (QED) is 0.596. The topological polar surface area (TPSA) is 126 Å². The summed E-state index contributed by atoms with van der Waals surface area (Å²) >= 11 is 6.00. The summed E-state index contributed by atoms with van der Waals surface area (Å²) in [5, 5.41) is 11.2. The maximum absolute atomic E-state index is 11.5. The molecule has 1 unspecified atom stereocenters. The fourth-order valence-electron chi connectivity index (χ4n) is 2.93. The van der Waals surface area contributed by atoms with Gasteiger partial charge in [-0.1, -0.05) is 11.6 Å². The number of carbonyl (C=O) groups excluding carboxylic acids is 2. The Morgan fingerprint density at radius 2 is 2.08 bits per heavy atom. The zero-order valence-electron chi connectivity index (χ0n) is 14.2. The van der Waals surface area contributed by atoms with E-state index in [-0.39, 0.29) is 11.8 Å². The number of halogens is 1. The van der Waals surface area contributed by atoms with Crippen molar-refractivity contribution in [1.82, 2.24) is 19.5 Å². The molecule has 10 nitrogen and oxygen atoms in total. The fraction of sp³-hybridized carbons (Fsp3) is 0.533. The number of ether oxygens (including phenoxy) is 3. The van der Waals surface area contributed by atoms with Crippen molar-refractivity contribution < 1.29 is 28.9 Å². The predicted octanol–water partition coefficient (Wildman–Crippen LogP) is 0.623. The number of hydrogen-bond donors (Lipinski definition) is 1. The van der Waals surface area contributed by atoms with Crippen molar-refractivity contribution in [2.24, 2.45) is 0 Å². The Labute approximate surface area is 153 Å². The van der Waals surface area contributed by atoms with E-state index in [1.54, 1.807) is 0 Å². The summed E-state index contributed by atoms with van der Waals surface area (Å²) in [6, 6.07) is 0. The van der Waals surface area contributed by atoms with Crippen molar-refractivity contribution in [3.05, 3.63) is 17.8 Å². The third-order valence-corrected chi connectivity index (χ3v) is 4.30. The van der Waals surface area contributed by atoms with Gasteiger partial charge in [-0.15, -0.1) is 0 Å². The average molecular weight is 385 g/mol.